The van der Waals surface area contributed by atoms with Crippen LogP contribution in [0.3, 0.4) is 0 Å². The topological polar surface area (TPSA) is 12.2 Å². The van der Waals surface area contributed by atoms with E-state index in [2.05, 4.69) is 6.72 Å². The first-order valence-electron chi connectivity index (χ1n) is 2.28. The van der Waals surface area contributed by atoms with E-state index in [4.69, 9.17) is 4.74 Å². The van der Waals surface area contributed by atoms with Crippen molar-refractivity contribution in [1.82, 2.24) is 0 Å². The Bertz CT molecular complexity index is 61.1. The average Bonchev–Trinajstić information content (AvgIpc) is 1.61. The molecule has 2 nitrogen and oxygen atoms in total. The van der Waals surface area contributed by atoms with Crippen molar-refractivity contribution in [2.75, 3.05) is 27.3 Å². The molecule has 0 atom stereocenters. The maximum absolute atomic E-state index is 4.77. The number of rotatable bonds is 3. The summed E-state index contributed by atoms with van der Waals surface area (Å²) in [5, 5.41) is 0. The molecule has 0 saturated heterocycles. The minimum absolute atomic E-state index is 0.764. The number of methoxy groups -OCH3 is 1. The van der Waals surface area contributed by atoms with Crippen molar-refractivity contribution in [2.24, 2.45) is 0 Å². The van der Waals surface area contributed by atoms with Crippen molar-refractivity contribution in [1.29, 1.82) is 0 Å². The molecule has 0 aromatic rings. The summed E-state index contributed by atoms with van der Waals surface area (Å²) in [7, 11) is 3.60. The molecule has 0 saturated carbocycles. The Morgan fingerprint density at radius 3 is 2.43 bits per heavy atom. The second kappa shape index (κ2) is 3.81. The van der Waals surface area contributed by atoms with Crippen LogP contribution in [-0.4, -0.2) is 38.6 Å². The third kappa shape index (κ3) is 5.63. The largest absolute Gasteiger partial charge is 0.378 e. The van der Waals surface area contributed by atoms with E-state index in [1.807, 2.05) is 11.6 Å². The van der Waals surface area contributed by atoms with Gasteiger partial charge in [-0.2, -0.15) is 0 Å². The van der Waals surface area contributed by atoms with Crippen LogP contribution in [0.5, 0.6) is 0 Å². The molecule has 42 valence electrons. The fourth-order valence-corrected chi connectivity index (χ4v) is 0.247. The molecule has 0 N–H and O–H groups in total. The molecule has 7 heavy (non-hydrogen) atoms. The van der Waals surface area contributed by atoms with Gasteiger partial charge in [0, 0.05) is 7.11 Å². The van der Waals surface area contributed by atoms with E-state index < -0.39 is 0 Å². The van der Waals surface area contributed by atoms with Crippen molar-refractivity contribution in [3.8, 4) is 0 Å². The number of hydrogen-bond acceptors (Lipinski definition) is 1. The molecule has 0 fully saturated rings. The Labute approximate surface area is 44.4 Å². The van der Waals surface area contributed by atoms with Crippen molar-refractivity contribution in [3.63, 3.8) is 0 Å². The fraction of sp³-hybridized carbons (Fsp3) is 0.800. The number of ether oxygens (including phenoxy) is 1. The van der Waals surface area contributed by atoms with Crippen LogP contribution < -0.4 is 0 Å². The molecule has 0 aromatic carbocycles. The zero-order chi connectivity index (χ0) is 5.70. The first-order chi connectivity index (χ1) is 3.27. The van der Waals surface area contributed by atoms with Gasteiger partial charge >= 0.3 is 0 Å². The Morgan fingerprint density at radius 1 is 1.71 bits per heavy atom. The van der Waals surface area contributed by atoms with Crippen molar-refractivity contribution < 1.29 is 9.31 Å². The van der Waals surface area contributed by atoms with E-state index in [0.717, 1.165) is 13.2 Å². The van der Waals surface area contributed by atoms with Gasteiger partial charge in [0.05, 0.1) is 0 Å². The number of hydrogen-bond donors (Lipinski definition) is 0. The van der Waals surface area contributed by atoms with E-state index in [-0.39, 0.29) is 0 Å². The fourth-order valence-electron chi connectivity index (χ4n) is 0.247. The van der Waals surface area contributed by atoms with Gasteiger partial charge in [0.25, 0.3) is 0 Å². The normalized spacial score (nSPS) is 8.86. The summed E-state index contributed by atoms with van der Waals surface area (Å²) >= 11 is 0. The predicted molar refractivity (Wildman–Crippen MR) is 30.0 cm³/mol. The lowest BCUT2D eigenvalue weighted by Gasteiger charge is -1.90. The molecule has 0 rings (SSSR count). The summed E-state index contributed by atoms with van der Waals surface area (Å²) < 4.78 is 6.61. The van der Waals surface area contributed by atoms with Gasteiger partial charge in [-0.3, -0.25) is 0 Å². The lowest BCUT2D eigenvalue weighted by Crippen LogP contribution is -2.09. The van der Waals surface area contributed by atoms with Gasteiger partial charge in [-0.15, -0.1) is 0 Å². The molecule has 2 heteroatoms. The van der Waals surface area contributed by atoms with E-state index in [1.54, 1.807) is 7.11 Å². The lowest BCUT2D eigenvalue weighted by molar-refractivity contribution is -0.491. The summed E-state index contributed by atoms with van der Waals surface area (Å²) in [5.41, 5.74) is 0. The quantitative estimate of drug-likeness (QED) is 0.360. The van der Waals surface area contributed by atoms with Crippen LogP contribution >= 0.6 is 0 Å². The van der Waals surface area contributed by atoms with Gasteiger partial charge in [-0.05, 0) is 0 Å². The van der Waals surface area contributed by atoms with Gasteiger partial charge in [-0.1, -0.05) is 0 Å². The molecule has 0 aliphatic carbocycles. The predicted octanol–water partition coefficient (Wildman–Crippen LogP) is -0.0243. The second-order valence-electron chi connectivity index (χ2n) is 1.57. The smallest absolute Gasteiger partial charge is 0.165 e. The molecular formula is C5H12NO+. The molecule has 0 aliphatic heterocycles. The highest BCUT2D eigenvalue weighted by Gasteiger charge is 1.85. The van der Waals surface area contributed by atoms with Crippen molar-refractivity contribution in [2.45, 2.75) is 0 Å². The van der Waals surface area contributed by atoms with E-state index in [1.165, 1.54) is 0 Å². The van der Waals surface area contributed by atoms with Crippen LogP contribution in [0, 0.1) is 0 Å². The van der Waals surface area contributed by atoms with Crippen LogP contribution in [-0.2, 0) is 4.74 Å². The summed E-state index contributed by atoms with van der Waals surface area (Å²) in [4.78, 5) is 0. The number of nitrogens with zero attached hydrogens (tertiary/aromatic N) is 1. The third-order valence-electron chi connectivity index (χ3n) is 0.677. The maximum Gasteiger partial charge on any atom is 0.165 e. The SMILES string of the molecule is C=[N+](C)CCOC. The molecule has 0 heterocycles. The van der Waals surface area contributed by atoms with Gasteiger partial charge in [0.1, 0.15) is 20.4 Å². The Morgan fingerprint density at radius 2 is 2.29 bits per heavy atom. The first-order valence-corrected chi connectivity index (χ1v) is 2.28. The van der Waals surface area contributed by atoms with Gasteiger partial charge < -0.3 is 4.74 Å². The molecule has 0 aromatic heterocycles. The Balaban J connectivity index is 2.82. The van der Waals surface area contributed by atoms with Crippen LogP contribution in [0.25, 0.3) is 0 Å². The summed E-state index contributed by atoms with van der Waals surface area (Å²) in [6.07, 6.45) is 0. The van der Waals surface area contributed by atoms with Crippen LogP contribution in [0.15, 0.2) is 0 Å². The van der Waals surface area contributed by atoms with Crippen molar-refractivity contribution in [3.05, 3.63) is 0 Å². The van der Waals surface area contributed by atoms with E-state index in [0.29, 0.717) is 0 Å². The molecular weight excluding hydrogens is 90.1 g/mol. The second-order valence-corrected chi connectivity index (χ2v) is 1.57. The maximum atomic E-state index is 4.77. The molecule has 0 amide bonds. The van der Waals surface area contributed by atoms with Gasteiger partial charge in [-0.25, -0.2) is 4.58 Å². The summed E-state index contributed by atoms with van der Waals surface area (Å²) in [6, 6.07) is 0. The Kier molecular flexibility index (Phi) is 3.61. The molecule has 0 bridgehead atoms. The average molecular weight is 102 g/mol. The molecule has 0 spiro atoms. The Hall–Kier alpha value is -0.370. The van der Waals surface area contributed by atoms with Crippen LogP contribution in [0.2, 0.25) is 0 Å². The molecule has 0 unspecified atom stereocenters. The zero-order valence-corrected chi connectivity index (χ0v) is 4.98. The van der Waals surface area contributed by atoms with Crippen molar-refractivity contribution >= 4 is 6.72 Å². The standard InChI is InChI=1S/C5H12NO/c1-6(2)4-5-7-3/h1,4-5H2,2-3H3/q+1. The third-order valence-corrected chi connectivity index (χ3v) is 0.677. The molecule has 0 radical (unpaired) electrons. The molecule has 0 aliphatic rings. The lowest BCUT2D eigenvalue weighted by atomic mass is 10.7. The van der Waals surface area contributed by atoms with E-state index in [9.17, 15) is 0 Å². The zero-order valence-electron chi connectivity index (χ0n) is 4.98. The summed E-state index contributed by atoms with van der Waals surface area (Å²) in [6.45, 7) is 5.29. The minimum atomic E-state index is 0.764. The van der Waals surface area contributed by atoms with Gasteiger partial charge in [0.2, 0.25) is 0 Å². The highest BCUT2D eigenvalue weighted by atomic mass is 16.5. The minimum Gasteiger partial charge on any atom is -0.378 e. The monoisotopic (exact) mass is 102 g/mol. The van der Waals surface area contributed by atoms with Crippen LogP contribution in [0.4, 0.5) is 0 Å². The first kappa shape index (κ1) is 6.63. The number of likely N-dealkylation sites (N-methyl/N-ethyl adjacent to an activating group) is 1. The highest BCUT2D eigenvalue weighted by Crippen LogP contribution is 1.65. The summed E-state index contributed by atoms with van der Waals surface area (Å²) in [5.74, 6) is 0. The highest BCUT2D eigenvalue weighted by molar-refractivity contribution is 5.13. The van der Waals surface area contributed by atoms with E-state index >= 15 is 0 Å². The van der Waals surface area contributed by atoms with Crippen LogP contribution in [0.1, 0.15) is 0 Å². The van der Waals surface area contributed by atoms with Gasteiger partial charge in [0.15, 0.2) is 6.54 Å².